The summed E-state index contributed by atoms with van der Waals surface area (Å²) in [5.74, 6) is 1.35. The third-order valence-corrected chi connectivity index (χ3v) is 3.01. The van der Waals surface area contributed by atoms with Crippen molar-refractivity contribution in [1.82, 2.24) is 20.1 Å². The lowest BCUT2D eigenvalue weighted by Crippen LogP contribution is -2.06. The largest absolute Gasteiger partial charge is 0.360 e. The highest BCUT2D eigenvalue weighted by Crippen LogP contribution is 2.32. The number of nitro groups is 1. The summed E-state index contributed by atoms with van der Waals surface area (Å²) in [7, 11) is 0. The van der Waals surface area contributed by atoms with Crippen LogP contribution in [-0.4, -0.2) is 25.0 Å². The summed E-state index contributed by atoms with van der Waals surface area (Å²) in [6, 6.07) is 6.89. The van der Waals surface area contributed by atoms with Crippen molar-refractivity contribution in [3.8, 4) is 0 Å². The molecule has 3 aromatic rings. The quantitative estimate of drug-likeness (QED) is 0.536. The van der Waals surface area contributed by atoms with Gasteiger partial charge in [-0.25, -0.2) is 15.0 Å². The standard InChI is InChI=1S/C14H13N7O3/c1-8-4-3-5-10(17-8)18-13-12(21(22)23)14(16-7-15-13)19-11-6-9(2)24-20-11/h3-7H,1-2H3,(H2,15,16,17,18,19,20). The maximum atomic E-state index is 11.5. The average molecular weight is 327 g/mol. The third-order valence-electron chi connectivity index (χ3n) is 3.01. The summed E-state index contributed by atoms with van der Waals surface area (Å²) < 4.78 is 4.92. The fourth-order valence-electron chi connectivity index (χ4n) is 2.02. The van der Waals surface area contributed by atoms with Gasteiger partial charge in [-0.3, -0.25) is 10.1 Å². The van der Waals surface area contributed by atoms with Crippen LogP contribution in [0.2, 0.25) is 0 Å². The Morgan fingerprint density at radius 2 is 1.83 bits per heavy atom. The van der Waals surface area contributed by atoms with Crippen LogP contribution in [0.15, 0.2) is 35.1 Å². The first-order chi connectivity index (χ1) is 11.5. The number of hydrogen-bond acceptors (Lipinski definition) is 9. The number of rotatable bonds is 5. The van der Waals surface area contributed by atoms with Crippen molar-refractivity contribution in [2.75, 3.05) is 10.6 Å². The van der Waals surface area contributed by atoms with Crippen LogP contribution in [0, 0.1) is 24.0 Å². The molecule has 2 N–H and O–H groups in total. The zero-order valence-corrected chi connectivity index (χ0v) is 12.8. The molecule has 24 heavy (non-hydrogen) atoms. The number of hydrogen-bond donors (Lipinski definition) is 2. The van der Waals surface area contributed by atoms with Crippen molar-refractivity contribution >= 4 is 29.0 Å². The number of nitrogens with one attached hydrogen (secondary N) is 2. The highest BCUT2D eigenvalue weighted by atomic mass is 16.6. The number of pyridine rings is 1. The van der Waals surface area contributed by atoms with Crippen molar-refractivity contribution < 1.29 is 9.45 Å². The second-order valence-electron chi connectivity index (χ2n) is 4.91. The van der Waals surface area contributed by atoms with Crippen LogP contribution in [0.25, 0.3) is 0 Å². The molecule has 0 saturated carbocycles. The van der Waals surface area contributed by atoms with Gasteiger partial charge in [0.1, 0.15) is 17.9 Å². The maximum absolute atomic E-state index is 11.5. The fraction of sp³-hybridized carbons (Fsp3) is 0.143. The molecule has 0 aliphatic carbocycles. The highest BCUT2D eigenvalue weighted by molar-refractivity contribution is 5.75. The topological polar surface area (TPSA) is 132 Å². The van der Waals surface area contributed by atoms with Gasteiger partial charge in [0, 0.05) is 11.8 Å². The SMILES string of the molecule is Cc1cccc(Nc2ncnc(Nc3cc(C)on3)c2[N+](=O)[O-])n1. The molecule has 0 unspecified atom stereocenters. The predicted molar refractivity (Wildman–Crippen MR) is 85.5 cm³/mol. The van der Waals surface area contributed by atoms with Gasteiger partial charge in [0.25, 0.3) is 0 Å². The molecule has 0 bridgehead atoms. The summed E-state index contributed by atoms with van der Waals surface area (Å²) in [5.41, 5.74) is 0.453. The van der Waals surface area contributed by atoms with E-state index in [-0.39, 0.29) is 17.3 Å². The van der Waals surface area contributed by atoms with E-state index in [1.54, 1.807) is 25.1 Å². The Morgan fingerprint density at radius 1 is 1.12 bits per heavy atom. The third kappa shape index (κ3) is 3.27. The molecule has 10 heteroatoms. The molecule has 122 valence electrons. The fourth-order valence-corrected chi connectivity index (χ4v) is 2.02. The average Bonchev–Trinajstić information content (AvgIpc) is 2.92. The maximum Gasteiger partial charge on any atom is 0.354 e. The molecule has 0 fully saturated rings. The minimum absolute atomic E-state index is 0.00143. The van der Waals surface area contributed by atoms with E-state index in [2.05, 4.69) is 30.7 Å². The predicted octanol–water partition coefficient (Wildman–Crippen LogP) is 2.87. The van der Waals surface area contributed by atoms with Gasteiger partial charge in [0.05, 0.1) is 4.92 Å². The van der Waals surface area contributed by atoms with Gasteiger partial charge in [0.15, 0.2) is 5.82 Å². The van der Waals surface area contributed by atoms with Gasteiger partial charge in [-0.15, -0.1) is 0 Å². The molecule has 0 aliphatic rings. The van der Waals surface area contributed by atoms with Gasteiger partial charge >= 0.3 is 5.69 Å². The first kappa shape index (κ1) is 15.3. The molecule has 0 aliphatic heterocycles. The molecule has 0 atom stereocenters. The van der Waals surface area contributed by atoms with Crippen LogP contribution in [0.1, 0.15) is 11.5 Å². The van der Waals surface area contributed by atoms with Crippen molar-refractivity contribution in [2.24, 2.45) is 0 Å². The van der Waals surface area contributed by atoms with E-state index in [1.165, 1.54) is 6.33 Å². The van der Waals surface area contributed by atoms with Crippen LogP contribution in [-0.2, 0) is 0 Å². The Hall–Kier alpha value is -3.56. The zero-order chi connectivity index (χ0) is 17.1. The van der Waals surface area contributed by atoms with Crippen LogP contribution >= 0.6 is 0 Å². The summed E-state index contributed by atoms with van der Waals surface area (Å²) in [6.45, 7) is 3.53. The van der Waals surface area contributed by atoms with Gasteiger partial charge < -0.3 is 15.2 Å². The molecule has 10 nitrogen and oxygen atoms in total. The molecule has 0 saturated heterocycles. The minimum Gasteiger partial charge on any atom is -0.360 e. The molecule has 3 rings (SSSR count). The smallest absolute Gasteiger partial charge is 0.354 e. The van der Waals surface area contributed by atoms with E-state index in [0.717, 1.165) is 5.69 Å². The molecule has 0 aromatic carbocycles. The van der Waals surface area contributed by atoms with Crippen LogP contribution in [0.4, 0.5) is 29.0 Å². The van der Waals surface area contributed by atoms with Crippen LogP contribution in [0.5, 0.6) is 0 Å². The summed E-state index contributed by atoms with van der Waals surface area (Å²) in [4.78, 5) is 23.0. The van der Waals surface area contributed by atoms with E-state index >= 15 is 0 Å². The Morgan fingerprint density at radius 3 is 2.42 bits per heavy atom. The first-order valence-corrected chi connectivity index (χ1v) is 6.93. The second-order valence-corrected chi connectivity index (χ2v) is 4.91. The van der Waals surface area contributed by atoms with Gasteiger partial charge in [-0.1, -0.05) is 11.2 Å². The molecule has 3 aromatic heterocycles. The Kier molecular flexibility index (Phi) is 4.01. The molecular formula is C14H13N7O3. The highest BCUT2D eigenvalue weighted by Gasteiger charge is 2.24. The monoisotopic (exact) mass is 327 g/mol. The van der Waals surface area contributed by atoms with Crippen LogP contribution in [0.3, 0.4) is 0 Å². The lowest BCUT2D eigenvalue weighted by atomic mass is 10.3. The van der Waals surface area contributed by atoms with Crippen molar-refractivity contribution in [2.45, 2.75) is 13.8 Å². The van der Waals surface area contributed by atoms with Gasteiger partial charge in [0.2, 0.25) is 11.6 Å². The molecule has 0 radical (unpaired) electrons. The van der Waals surface area contributed by atoms with E-state index in [4.69, 9.17) is 4.52 Å². The van der Waals surface area contributed by atoms with E-state index in [9.17, 15) is 10.1 Å². The Balaban J connectivity index is 1.97. The van der Waals surface area contributed by atoms with Crippen molar-refractivity contribution in [3.63, 3.8) is 0 Å². The number of nitrogens with zero attached hydrogens (tertiary/aromatic N) is 5. The Bertz CT molecular complexity index is 894. The summed E-state index contributed by atoms with van der Waals surface area (Å²) in [5, 5.41) is 20.8. The van der Waals surface area contributed by atoms with Crippen molar-refractivity contribution in [3.05, 3.63) is 52.2 Å². The minimum atomic E-state index is -0.576. The van der Waals surface area contributed by atoms with Crippen molar-refractivity contribution in [1.29, 1.82) is 0 Å². The Labute approximate surface area is 136 Å². The zero-order valence-electron chi connectivity index (χ0n) is 12.8. The molecule has 0 amide bonds. The first-order valence-electron chi connectivity index (χ1n) is 6.93. The number of aromatic nitrogens is 4. The number of anilines is 4. The molecular weight excluding hydrogens is 314 g/mol. The van der Waals surface area contributed by atoms with Gasteiger partial charge in [-0.05, 0) is 26.0 Å². The van der Waals surface area contributed by atoms with E-state index in [0.29, 0.717) is 17.4 Å². The normalized spacial score (nSPS) is 10.4. The lowest BCUT2D eigenvalue weighted by molar-refractivity contribution is -0.383. The number of aryl methyl sites for hydroxylation is 2. The molecule has 0 spiro atoms. The van der Waals surface area contributed by atoms with Crippen LogP contribution < -0.4 is 10.6 Å². The van der Waals surface area contributed by atoms with Gasteiger partial charge in [-0.2, -0.15) is 0 Å². The second kappa shape index (κ2) is 6.28. The summed E-state index contributed by atoms with van der Waals surface area (Å²) in [6.07, 6.45) is 1.21. The molecule has 3 heterocycles. The summed E-state index contributed by atoms with van der Waals surface area (Å²) >= 11 is 0. The lowest BCUT2D eigenvalue weighted by Gasteiger charge is -2.08. The van der Waals surface area contributed by atoms with E-state index < -0.39 is 4.92 Å². The van der Waals surface area contributed by atoms with E-state index in [1.807, 2.05) is 13.0 Å².